The second-order valence-electron chi connectivity index (χ2n) is 6.18. The Labute approximate surface area is 159 Å². The number of thiazole rings is 1. The number of likely N-dealkylation sites (N-methyl/N-ethyl adjacent to an activating group) is 1. The van der Waals surface area contributed by atoms with Crippen LogP contribution in [0.1, 0.15) is 24.2 Å². The third-order valence-corrected chi connectivity index (χ3v) is 5.28. The van der Waals surface area contributed by atoms with Crippen molar-refractivity contribution in [3.05, 3.63) is 76.6 Å². The molecule has 3 rings (SSSR count). The SMILES string of the molecule is CC(c1cc(F)ccc1F)N(C)C(=O)Cc1csc(-c2cccc(F)c2)n1. The van der Waals surface area contributed by atoms with Gasteiger partial charge in [0, 0.05) is 23.6 Å². The van der Waals surface area contributed by atoms with Crippen molar-refractivity contribution in [3.63, 3.8) is 0 Å². The highest BCUT2D eigenvalue weighted by Gasteiger charge is 2.22. The molecule has 0 aliphatic rings. The van der Waals surface area contributed by atoms with Gasteiger partial charge in [-0.25, -0.2) is 18.2 Å². The number of carbonyl (C=O) groups excluding carboxylic acids is 1. The highest BCUT2D eigenvalue weighted by Crippen LogP contribution is 2.26. The number of carbonyl (C=O) groups is 1. The van der Waals surface area contributed by atoms with E-state index >= 15 is 0 Å². The molecule has 27 heavy (non-hydrogen) atoms. The number of benzene rings is 2. The minimum absolute atomic E-state index is 0.0175. The lowest BCUT2D eigenvalue weighted by Gasteiger charge is -2.25. The summed E-state index contributed by atoms with van der Waals surface area (Å²) in [6.45, 7) is 1.63. The van der Waals surface area contributed by atoms with Gasteiger partial charge in [-0.3, -0.25) is 4.79 Å². The van der Waals surface area contributed by atoms with Crippen LogP contribution < -0.4 is 0 Å². The van der Waals surface area contributed by atoms with E-state index in [0.29, 0.717) is 16.3 Å². The van der Waals surface area contributed by atoms with Gasteiger partial charge < -0.3 is 4.90 Å². The molecule has 0 saturated carbocycles. The molecule has 0 aliphatic heterocycles. The summed E-state index contributed by atoms with van der Waals surface area (Å²) < 4.78 is 40.7. The first-order valence-corrected chi connectivity index (χ1v) is 9.14. The average molecular weight is 390 g/mol. The molecule has 3 nitrogen and oxygen atoms in total. The molecule has 0 spiro atoms. The van der Waals surface area contributed by atoms with Crippen LogP contribution in [0, 0.1) is 17.5 Å². The molecule has 1 heterocycles. The number of amides is 1. The Hall–Kier alpha value is -2.67. The van der Waals surface area contributed by atoms with Crippen molar-refractivity contribution in [1.29, 1.82) is 0 Å². The van der Waals surface area contributed by atoms with Crippen LogP contribution in [0.4, 0.5) is 13.2 Å². The van der Waals surface area contributed by atoms with Crippen molar-refractivity contribution in [2.24, 2.45) is 0 Å². The maximum absolute atomic E-state index is 13.9. The maximum atomic E-state index is 13.9. The van der Waals surface area contributed by atoms with E-state index in [2.05, 4.69) is 4.98 Å². The Balaban J connectivity index is 1.72. The van der Waals surface area contributed by atoms with Gasteiger partial charge in [0.2, 0.25) is 5.91 Å². The molecule has 0 N–H and O–H groups in total. The Morgan fingerprint density at radius 3 is 2.63 bits per heavy atom. The molecule has 0 saturated heterocycles. The smallest absolute Gasteiger partial charge is 0.228 e. The topological polar surface area (TPSA) is 33.2 Å². The number of hydrogen-bond acceptors (Lipinski definition) is 3. The second-order valence-corrected chi connectivity index (χ2v) is 7.04. The molecule has 1 unspecified atom stereocenters. The molecule has 0 aliphatic carbocycles. The Morgan fingerprint density at radius 2 is 1.89 bits per heavy atom. The standard InChI is InChI=1S/C20H17F3N2OS/c1-12(17-9-15(22)6-7-18(17)23)25(2)19(26)10-16-11-27-20(24-16)13-4-3-5-14(21)8-13/h3-9,11-12H,10H2,1-2H3. The van der Waals surface area contributed by atoms with Gasteiger partial charge in [-0.1, -0.05) is 12.1 Å². The second kappa shape index (κ2) is 7.92. The molecular formula is C20H17F3N2OS. The van der Waals surface area contributed by atoms with Crippen molar-refractivity contribution >= 4 is 17.2 Å². The molecule has 0 radical (unpaired) electrons. The van der Waals surface area contributed by atoms with Gasteiger partial charge in [0.15, 0.2) is 0 Å². The van der Waals surface area contributed by atoms with Gasteiger partial charge in [-0.2, -0.15) is 0 Å². The largest absolute Gasteiger partial charge is 0.339 e. The lowest BCUT2D eigenvalue weighted by Crippen LogP contribution is -2.31. The van der Waals surface area contributed by atoms with E-state index in [-0.39, 0.29) is 23.7 Å². The summed E-state index contributed by atoms with van der Waals surface area (Å²) in [5.74, 6) is -1.75. The minimum Gasteiger partial charge on any atom is -0.339 e. The first-order valence-electron chi connectivity index (χ1n) is 8.26. The summed E-state index contributed by atoms with van der Waals surface area (Å²) in [6.07, 6.45) is 0.0175. The predicted octanol–water partition coefficient (Wildman–Crippen LogP) is 4.99. The molecule has 1 amide bonds. The summed E-state index contributed by atoms with van der Waals surface area (Å²) in [5, 5.41) is 2.35. The van der Waals surface area contributed by atoms with Gasteiger partial charge in [-0.05, 0) is 37.3 Å². The fourth-order valence-electron chi connectivity index (χ4n) is 2.68. The van der Waals surface area contributed by atoms with Crippen molar-refractivity contribution in [1.82, 2.24) is 9.88 Å². The highest BCUT2D eigenvalue weighted by atomic mass is 32.1. The average Bonchev–Trinajstić information content (AvgIpc) is 3.11. The number of nitrogens with zero attached hydrogens (tertiary/aromatic N) is 2. The van der Waals surface area contributed by atoms with E-state index in [0.717, 1.165) is 18.2 Å². The maximum Gasteiger partial charge on any atom is 0.228 e. The summed E-state index contributed by atoms with van der Waals surface area (Å²) in [7, 11) is 1.54. The van der Waals surface area contributed by atoms with Crippen LogP contribution in [0.5, 0.6) is 0 Å². The summed E-state index contributed by atoms with van der Waals surface area (Å²) >= 11 is 1.32. The molecule has 0 fully saturated rings. The van der Waals surface area contributed by atoms with Crippen LogP contribution in [-0.4, -0.2) is 22.8 Å². The van der Waals surface area contributed by atoms with Crippen LogP contribution in [0.2, 0.25) is 0 Å². The normalized spacial score (nSPS) is 12.0. The van der Waals surface area contributed by atoms with Crippen molar-refractivity contribution in [3.8, 4) is 10.6 Å². The zero-order chi connectivity index (χ0) is 19.6. The first kappa shape index (κ1) is 19.1. The first-order chi connectivity index (χ1) is 12.8. The molecule has 1 aromatic heterocycles. The third-order valence-electron chi connectivity index (χ3n) is 4.34. The predicted molar refractivity (Wildman–Crippen MR) is 98.8 cm³/mol. The van der Waals surface area contributed by atoms with Gasteiger partial charge in [0.05, 0.1) is 18.2 Å². The molecule has 2 aromatic carbocycles. The fraction of sp³-hybridized carbons (Fsp3) is 0.200. The van der Waals surface area contributed by atoms with Crippen LogP contribution >= 0.6 is 11.3 Å². The van der Waals surface area contributed by atoms with Gasteiger partial charge in [0.1, 0.15) is 22.5 Å². The van der Waals surface area contributed by atoms with Crippen molar-refractivity contribution < 1.29 is 18.0 Å². The van der Waals surface area contributed by atoms with Gasteiger partial charge in [-0.15, -0.1) is 11.3 Å². The Morgan fingerprint density at radius 1 is 1.15 bits per heavy atom. The van der Waals surface area contributed by atoms with E-state index in [1.165, 1.54) is 35.4 Å². The fourth-order valence-corrected chi connectivity index (χ4v) is 3.50. The Kier molecular flexibility index (Phi) is 5.60. The van der Waals surface area contributed by atoms with E-state index in [1.807, 2.05) is 0 Å². The lowest BCUT2D eigenvalue weighted by molar-refractivity contribution is -0.131. The van der Waals surface area contributed by atoms with Crippen LogP contribution in [0.25, 0.3) is 10.6 Å². The molecule has 140 valence electrons. The molecule has 0 bridgehead atoms. The van der Waals surface area contributed by atoms with Gasteiger partial charge in [0.25, 0.3) is 0 Å². The molecule has 1 atom stereocenters. The zero-order valence-corrected chi connectivity index (χ0v) is 15.6. The quantitative estimate of drug-likeness (QED) is 0.615. The monoisotopic (exact) mass is 390 g/mol. The summed E-state index contributed by atoms with van der Waals surface area (Å²) in [4.78, 5) is 18.3. The molecular weight excluding hydrogens is 373 g/mol. The number of aromatic nitrogens is 1. The van der Waals surface area contributed by atoms with Crippen molar-refractivity contribution in [2.75, 3.05) is 7.05 Å². The molecule has 7 heteroatoms. The van der Waals surface area contributed by atoms with E-state index < -0.39 is 17.7 Å². The van der Waals surface area contributed by atoms with E-state index in [4.69, 9.17) is 0 Å². The van der Waals surface area contributed by atoms with E-state index in [9.17, 15) is 18.0 Å². The number of halogens is 3. The van der Waals surface area contributed by atoms with Crippen LogP contribution in [0.15, 0.2) is 47.8 Å². The van der Waals surface area contributed by atoms with E-state index in [1.54, 1.807) is 24.4 Å². The van der Waals surface area contributed by atoms with Crippen LogP contribution in [0.3, 0.4) is 0 Å². The number of hydrogen-bond donors (Lipinski definition) is 0. The molecule has 3 aromatic rings. The zero-order valence-electron chi connectivity index (χ0n) is 14.7. The summed E-state index contributed by atoms with van der Waals surface area (Å²) in [5.41, 5.74) is 1.30. The minimum atomic E-state index is -0.630. The number of rotatable bonds is 5. The van der Waals surface area contributed by atoms with Crippen molar-refractivity contribution in [2.45, 2.75) is 19.4 Å². The third kappa shape index (κ3) is 4.36. The van der Waals surface area contributed by atoms with Gasteiger partial charge >= 0.3 is 0 Å². The lowest BCUT2D eigenvalue weighted by atomic mass is 10.1. The highest BCUT2D eigenvalue weighted by molar-refractivity contribution is 7.13. The Bertz CT molecular complexity index is 973. The van der Waals surface area contributed by atoms with Crippen LogP contribution in [-0.2, 0) is 11.2 Å². The summed E-state index contributed by atoms with van der Waals surface area (Å²) in [6, 6.07) is 8.62.